The zero-order valence-electron chi connectivity index (χ0n) is 11.7. The Morgan fingerprint density at radius 3 is 2.47 bits per heavy atom. The van der Waals surface area contributed by atoms with Gasteiger partial charge in [0.15, 0.2) is 0 Å². The molecule has 1 aliphatic rings. The van der Waals surface area contributed by atoms with Crippen LogP contribution in [0.4, 0.5) is 10.1 Å². The van der Waals surface area contributed by atoms with Gasteiger partial charge >= 0.3 is 0 Å². The highest BCUT2D eigenvalue weighted by molar-refractivity contribution is 5.97. The molecule has 0 bridgehead atoms. The van der Waals surface area contributed by atoms with E-state index in [0.29, 0.717) is 0 Å². The number of nitrogens with zero attached hydrogens (tertiary/aromatic N) is 1. The molecule has 3 nitrogen and oxygen atoms in total. The maximum Gasteiger partial charge on any atom is 0.234 e. The summed E-state index contributed by atoms with van der Waals surface area (Å²) in [7, 11) is 1.76. The monoisotopic (exact) mass is 264 g/mol. The Balaban J connectivity index is 2.25. The topological polar surface area (TPSA) is 32.3 Å². The fraction of sp³-hybridized carbons (Fsp3) is 0.533. The van der Waals surface area contributed by atoms with Gasteiger partial charge in [0.1, 0.15) is 5.82 Å². The van der Waals surface area contributed by atoms with Gasteiger partial charge in [-0.3, -0.25) is 4.79 Å². The maximum atomic E-state index is 12.9. The quantitative estimate of drug-likeness (QED) is 0.909. The number of hydrogen-bond donors (Lipinski definition) is 1. The van der Waals surface area contributed by atoms with E-state index in [2.05, 4.69) is 19.2 Å². The summed E-state index contributed by atoms with van der Waals surface area (Å²) in [4.78, 5) is 14.4. The normalized spacial score (nSPS) is 22.8. The molecule has 1 amide bonds. The summed E-state index contributed by atoms with van der Waals surface area (Å²) in [5.74, 6) is 0.0997. The lowest BCUT2D eigenvalue weighted by Crippen LogP contribution is -2.47. The van der Waals surface area contributed by atoms with Crippen LogP contribution >= 0.6 is 0 Å². The predicted molar refractivity (Wildman–Crippen MR) is 74.6 cm³/mol. The summed E-state index contributed by atoms with van der Waals surface area (Å²) in [5.41, 5.74) is 0.390. The van der Waals surface area contributed by atoms with Crippen molar-refractivity contribution >= 4 is 11.6 Å². The van der Waals surface area contributed by atoms with E-state index < -0.39 is 0 Å². The summed E-state index contributed by atoms with van der Waals surface area (Å²) < 4.78 is 12.9. The largest absolute Gasteiger partial charge is 0.316 e. The van der Waals surface area contributed by atoms with E-state index >= 15 is 0 Å². The molecule has 2 rings (SSSR count). The minimum Gasteiger partial charge on any atom is -0.316 e. The minimum atomic E-state index is -0.344. The standard InChI is InChI=1S/C15H21FN2O/c1-11(2)15(8-9-17-10-15)14(19)18(3)13-6-4-12(16)5-7-13/h4-7,11,17H,8-10H2,1-3H3. The van der Waals surface area contributed by atoms with Crippen LogP contribution in [0.5, 0.6) is 0 Å². The molecule has 1 fully saturated rings. The van der Waals surface area contributed by atoms with Crippen molar-refractivity contribution in [2.24, 2.45) is 11.3 Å². The third kappa shape index (κ3) is 2.50. The lowest BCUT2D eigenvalue weighted by atomic mass is 9.75. The van der Waals surface area contributed by atoms with Crippen molar-refractivity contribution in [2.75, 3.05) is 25.0 Å². The molecule has 4 heteroatoms. The highest BCUT2D eigenvalue weighted by Crippen LogP contribution is 2.37. The molecular formula is C15H21FN2O. The number of nitrogens with one attached hydrogen (secondary N) is 1. The Hall–Kier alpha value is -1.42. The van der Waals surface area contributed by atoms with Gasteiger partial charge in [-0.2, -0.15) is 0 Å². The van der Waals surface area contributed by atoms with Crippen LogP contribution in [-0.4, -0.2) is 26.0 Å². The van der Waals surface area contributed by atoms with Gasteiger partial charge < -0.3 is 10.2 Å². The van der Waals surface area contributed by atoms with Gasteiger partial charge in [-0.15, -0.1) is 0 Å². The van der Waals surface area contributed by atoms with Crippen LogP contribution < -0.4 is 10.2 Å². The Labute approximate surface area is 113 Å². The van der Waals surface area contributed by atoms with Gasteiger partial charge in [0.05, 0.1) is 5.41 Å². The average Bonchev–Trinajstić information content (AvgIpc) is 2.88. The van der Waals surface area contributed by atoms with Gasteiger partial charge in [-0.05, 0) is 43.1 Å². The van der Waals surface area contributed by atoms with Crippen molar-refractivity contribution in [3.63, 3.8) is 0 Å². The number of amides is 1. The number of rotatable bonds is 3. The van der Waals surface area contributed by atoms with Gasteiger partial charge in [-0.1, -0.05) is 13.8 Å². The number of hydrogen-bond acceptors (Lipinski definition) is 2. The zero-order valence-corrected chi connectivity index (χ0v) is 11.7. The van der Waals surface area contributed by atoms with Crippen molar-refractivity contribution in [3.05, 3.63) is 30.1 Å². The lowest BCUT2D eigenvalue weighted by Gasteiger charge is -2.35. The summed E-state index contributed by atoms with van der Waals surface area (Å²) in [6.07, 6.45) is 0.856. The molecule has 0 aromatic heterocycles. The van der Waals surface area contributed by atoms with E-state index in [1.165, 1.54) is 12.1 Å². The molecule has 0 aliphatic carbocycles. The molecule has 1 aromatic carbocycles. The second-order valence-electron chi connectivity index (χ2n) is 5.58. The molecule has 104 valence electrons. The van der Waals surface area contributed by atoms with Gasteiger partial charge in [0.2, 0.25) is 5.91 Å². The summed E-state index contributed by atoms with van der Waals surface area (Å²) in [6.45, 7) is 5.77. The first-order valence-electron chi connectivity index (χ1n) is 6.72. The van der Waals surface area contributed by atoms with Gasteiger partial charge in [0, 0.05) is 19.3 Å². The Kier molecular flexibility index (Phi) is 3.90. The smallest absolute Gasteiger partial charge is 0.234 e. The van der Waals surface area contributed by atoms with Crippen LogP contribution in [-0.2, 0) is 4.79 Å². The molecule has 0 saturated carbocycles. The van der Waals surface area contributed by atoms with E-state index in [1.807, 2.05) is 0 Å². The average molecular weight is 264 g/mol. The number of anilines is 1. The van der Waals surface area contributed by atoms with Crippen LogP contribution in [0.3, 0.4) is 0 Å². The first kappa shape index (κ1) is 14.0. The van der Waals surface area contributed by atoms with Crippen molar-refractivity contribution in [2.45, 2.75) is 20.3 Å². The molecule has 1 aliphatic heterocycles. The Bertz CT molecular complexity index is 450. The molecule has 1 heterocycles. The lowest BCUT2D eigenvalue weighted by molar-refractivity contribution is -0.129. The molecule has 1 N–H and O–H groups in total. The second kappa shape index (κ2) is 5.29. The van der Waals surface area contributed by atoms with Crippen LogP contribution in [0.15, 0.2) is 24.3 Å². The van der Waals surface area contributed by atoms with Crippen LogP contribution in [0, 0.1) is 17.2 Å². The first-order chi connectivity index (χ1) is 8.97. The van der Waals surface area contributed by atoms with Crippen molar-refractivity contribution < 1.29 is 9.18 Å². The molecule has 1 saturated heterocycles. The molecule has 1 aromatic rings. The van der Waals surface area contributed by atoms with Gasteiger partial charge in [0.25, 0.3) is 0 Å². The number of benzene rings is 1. The summed E-state index contributed by atoms with van der Waals surface area (Å²) in [6, 6.07) is 6.05. The minimum absolute atomic E-state index is 0.110. The SMILES string of the molecule is CC(C)C1(C(=O)N(C)c2ccc(F)cc2)CCNC1. The van der Waals surface area contributed by atoms with Crippen molar-refractivity contribution in [1.82, 2.24) is 5.32 Å². The highest BCUT2D eigenvalue weighted by atomic mass is 19.1. The first-order valence-corrected chi connectivity index (χ1v) is 6.72. The van der Waals surface area contributed by atoms with E-state index in [1.54, 1.807) is 24.1 Å². The fourth-order valence-electron chi connectivity index (χ4n) is 2.75. The third-order valence-electron chi connectivity index (χ3n) is 4.24. The number of carbonyl (C=O) groups is 1. The van der Waals surface area contributed by atoms with E-state index in [9.17, 15) is 9.18 Å². The Morgan fingerprint density at radius 1 is 1.37 bits per heavy atom. The molecule has 1 unspecified atom stereocenters. The molecule has 1 atom stereocenters. The van der Waals surface area contributed by atoms with E-state index in [4.69, 9.17) is 0 Å². The second-order valence-corrected chi connectivity index (χ2v) is 5.58. The number of halogens is 1. The van der Waals surface area contributed by atoms with Crippen molar-refractivity contribution in [3.8, 4) is 0 Å². The maximum absolute atomic E-state index is 12.9. The van der Waals surface area contributed by atoms with Gasteiger partial charge in [-0.25, -0.2) is 4.39 Å². The molecule has 0 radical (unpaired) electrons. The third-order valence-corrected chi connectivity index (χ3v) is 4.24. The zero-order chi connectivity index (χ0) is 14.0. The molecule has 0 spiro atoms. The van der Waals surface area contributed by atoms with E-state index in [-0.39, 0.29) is 23.1 Å². The summed E-state index contributed by atoms with van der Waals surface area (Å²) in [5, 5.41) is 3.28. The Morgan fingerprint density at radius 2 is 2.00 bits per heavy atom. The fourth-order valence-corrected chi connectivity index (χ4v) is 2.75. The van der Waals surface area contributed by atoms with Crippen LogP contribution in [0.2, 0.25) is 0 Å². The van der Waals surface area contributed by atoms with Crippen molar-refractivity contribution in [1.29, 1.82) is 0 Å². The van der Waals surface area contributed by atoms with E-state index in [0.717, 1.165) is 25.2 Å². The molecular weight excluding hydrogens is 243 g/mol. The van der Waals surface area contributed by atoms with Crippen LogP contribution in [0.25, 0.3) is 0 Å². The summed E-state index contributed by atoms with van der Waals surface area (Å²) >= 11 is 0. The highest BCUT2D eigenvalue weighted by Gasteiger charge is 2.45. The number of carbonyl (C=O) groups excluding carboxylic acids is 1. The predicted octanol–water partition coefficient (Wildman–Crippen LogP) is 2.42. The van der Waals surface area contributed by atoms with Crippen LogP contribution in [0.1, 0.15) is 20.3 Å². The molecule has 19 heavy (non-hydrogen) atoms.